The van der Waals surface area contributed by atoms with Crippen LogP contribution >= 0.6 is 12.6 Å². The van der Waals surface area contributed by atoms with Crippen molar-refractivity contribution < 1.29 is 16.9 Å². The standard InChI is InChI=1S/C5H13NS.ClH/c1-5(7)6(2,3)4;/h5H,1-4H3;1H. The monoisotopic (exact) mass is 155 g/mol. The fourth-order valence-electron chi connectivity index (χ4n) is 0. The van der Waals surface area contributed by atoms with Crippen LogP contribution in [0.4, 0.5) is 0 Å². The van der Waals surface area contributed by atoms with Crippen LogP contribution in [0.3, 0.4) is 0 Å². The fraction of sp³-hybridized carbons (Fsp3) is 1.00. The van der Waals surface area contributed by atoms with Gasteiger partial charge >= 0.3 is 0 Å². The summed E-state index contributed by atoms with van der Waals surface area (Å²) in [5.74, 6) is 0. The van der Waals surface area contributed by atoms with Crippen LogP contribution in [0.2, 0.25) is 0 Å². The van der Waals surface area contributed by atoms with Crippen LogP contribution in [0.5, 0.6) is 0 Å². The van der Waals surface area contributed by atoms with Crippen molar-refractivity contribution in [2.45, 2.75) is 12.3 Å². The lowest BCUT2D eigenvalue weighted by Crippen LogP contribution is -3.00. The van der Waals surface area contributed by atoms with E-state index in [1.807, 2.05) is 0 Å². The van der Waals surface area contributed by atoms with E-state index < -0.39 is 0 Å². The van der Waals surface area contributed by atoms with E-state index in [-0.39, 0.29) is 12.4 Å². The molecular formula is C5H14ClNS. The van der Waals surface area contributed by atoms with E-state index in [0.717, 1.165) is 4.48 Å². The quantitative estimate of drug-likeness (QED) is 0.252. The van der Waals surface area contributed by atoms with Gasteiger partial charge < -0.3 is 16.9 Å². The van der Waals surface area contributed by atoms with Gasteiger partial charge in [-0.2, -0.15) is 0 Å². The third-order valence-electron chi connectivity index (χ3n) is 1.12. The van der Waals surface area contributed by atoms with Crippen molar-refractivity contribution >= 4 is 12.6 Å². The molecule has 0 aliphatic carbocycles. The van der Waals surface area contributed by atoms with Crippen LogP contribution in [-0.2, 0) is 0 Å². The van der Waals surface area contributed by atoms with E-state index in [9.17, 15) is 0 Å². The summed E-state index contributed by atoms with van der Waals surface area (Å²) in [5.41, 5.74) is 0. The Kier molecular flexibility index (Phi) is 5.12. The highest BCUT2D eigenvalue weighted by Gasteiger charge is 2.11. The maximum Gasteiger partial charge on any atom is 0.129 e. The highest BCUT2D eigenvalue weighted by molar-refractivity contribution is 7.80. The summed E-state index contributed by atoms with van der Waals surface area (Å²) in [7, 11) is 6.37. The molecule has 8 heavy (non-hydrogen) atoms. The molecule has 0 saturated carbocycles. The molecule has 0 aromatic carbocycles. The van der Waals surface area contributed by atoms with Crippen molar-refractivity contribution in [3.63, 3.8) is 0 Å². The van der Waals surface area contributed by atoms with E-state index in [1.54, 1.807) is 0 Å². The Morgan fingerprint density at radius 1 is 1.25 bits per heavy atom. The molecule has 0 aliphatic heterocycles. The molecular weight excluding hydrogens is 142 g/mol. The number of quaternary nitrogens is 1. The minimum atomic E-state index is 0. The minimum absolute atomic E-state index is 0. The molecule has 0 N–H and O–H groups in total. The fourth-order valence-corrected chi connectivity index (χ4v) is 0. The van der Waals surface area contributed by atoms with Gasteiger partial charge in [0.15, 0.2) is 0 Å². The van der Waals surface area contributed by atoms with Gasteiger partial charge in [0.1, 0.15) is 5.37 Å². The molecule has 1 nitrogen and oxygen atoms in total. The molecule has 0 spiro atoms. The largest absolute Gasteiger partial charge is 1.00 e. The average molecular weight is 156 g/mol. The highest BCUT2D eigenvalue weighted by Crippen LogP contribution is 2.03. The summed E-state index contributed by atoms with van der Waals surface area (Å²) in [6, 6.07) is 0. The lowest BCUT2D eigenvalue weighted by molar-refractivity contribution is -0.878. The van der Waals surface area contributed by atoms with Gasteiger partial charge in [0, 0.05) is 0 Å². The van der Waals surface area contributed by atoms with Crippen molar-refractivity contribution in [1.29, 1.82) is 0 Å². The lowest BCUT2D eigenvalue weighted by Gasteiger charge is -2.27. The first kappa shape index (κ1) is 11.4. The van der Waals surface area contributed by atoms with E-state index in [2.05, 4.69) is 40.7 Å². The zero-order valence-electron chi connectivity index (χ0n) is 5.85. The Morgan fingerprint density at radius 2 is 1.38 bits per heavy atom. The molecule has 0 amide bonds. The number of hydrogen-bond acceptors (Lipinski definition) is 1. The molecule has 0 radical (unpaired) electrons. The van der Waals surface area contributed by atoms with Crippen molar-refractivity contribution in [1.82, 2.24) is 0 Å². The van der Waals surface area contributed by atoms with Crippen LogP contribution < -0.4 is 12.4 Å². The van der Waals surface area contributed by atoms with Gasteiger partial charge in [-0.3, -0.25) is 0 Å². The predicted octanol–water partition coefficient (Wildman–Crippen LogP) is -2.03. The van der Waals surface area contributed by atoms with Gasteiger partial charge in [0.25, 0.3) is 0 Å². The number of rotatable bonds is 1. The van der Waals surface area contributed by atoms with Crippen LogP contribution in [-0.4, -0.2) is 31.0 Å². The number of halogens is 1. The first-order chi connectivity index (χ1) is 2.94. The highest BCUT2D eigenvalue weighted by atomic mass is 35.5. The molecule has 1 unspecified atom stereocenters. The lowest BCUT2D eigenvalue weighted by atomic mass is 10.6. The summed E-state index contributed by atoms with van der Waals surface area (Å²) in [6.45, 7) is 2.09. The van der Waals surface area contributed by atoms with E-state index >= 15 is 0 Å². The summed E-state index contributed by atoms with van der Waals surface area (Å²) in [4.78, 5) is 0. The molecule has 0 rings (SSSR count). The normalized spacial score (nSPS) is 14.6. The second-order valence-corrected chi connectivity index (χ2v) is 3.50. The van der Waals surface area contributed by atoms with Crippen LogP contribution in [0, 0.1) is 0 Å². The van der Waals surface area contributed by atoms with Crippen LogP contribution in [0.25, 0.3) is 0 Å². The Balaban J connectivity index is 0. The average Bonchev–Trinajstić information content (AvgIpc) is 1.31. The molecule has 0 bridgehead atoms. The molecule has 0 fully saturated rings. The summed E-state index contributed by atoms with van der Waals surface area (Å²) < 4.78 is 0.920. The second kappa shape index (κ2) is 3.59. The molecule has 0 aromatic rings. The molecule has 52 valence electrons. The van der Waals surface area contributed by atoms with Crippen molar-refractivity contribution in [2.75, 3.05) is 21.1 Å². The predicted molar refractivity (Wildman–Crippen MR) is 36.5 cm³/mol. The van der Waals surface area contributed by atoms with Gasteiger partial charge in [-0.1, -0.05) is 0 Å². The van der Waals surface area contributed by atoms with Crippen LogP contribution in [0.1, 0.15) is 6.92 Å². The number of hydrogen-bond donors (Lipinski definition) is 1. The van der Waals surface area contributed by atoms with Crippen LogP contribution in [0.15, 0.2) is 0 Å². The smallest absolute Gasteiger partial charge is 0.129 e. The SMILES string of the molecule is CC(S)[N+](C)(C)C.[Cl-]. The van der Waals surface area contributed by atoms with E-state index in [4.69, 9.17) is 0 Å². The Labute approximate surface area is 63.5 Å². The molecule has 3 heteroatoms. The van der Waals surface area contributed by atoms with Gasteiger partial charge in [-0.05, 0) is 6.92 Å². The summed E-state index contributed by atoms with van der Waals surface area (Å²) in [5, 5.41) is 0.431. The zero-order valence-corrected chi connectivity index (χ0v) is 7.50. The van der Waals surface area contributed by atoms with Crippen molar-refractivity contribution in [3.8, 4) is 0 Å². The van der Waals surface area contributed by atoms with Gasteiger partial charge in [0.05, 0.1) is 21.1 Å². The van der Waals surface area contributed by atoms with E-state index in [0.29, 0.717) is 5.37 Å². The first-order valence-corrected chi connectivity index (χ1v) is 2.95. The van der Waals surface area contributed by atoms with Gasteiger partial charge in [0.2, 0.25) is 0 Å². The summed E-state index contributed by atoms with van der Waals surface area (Å²) in [6.07, 6.45) is 0. The Morgan fingerprint density at radius 3 is 1.38 bits per heavy atom. The number of nitrogens with zero attached hydrogens (tertiary/aromatic N) is 1. The molecule has 0 aliphatic rings. The molecule has 0 aromatic heterocycles. The first-order valence-electron chi connectivity index (χ1n) is 2.44. The van der Waals surface area contributed by atoms with Gasteiger partial charge in [-0.25, -0.2) is 0 Å². The second-order valence-electron chi connectivity index (χ2n) is 2.75. The maximum absolute atomic E-state index is 4.25. The third-order valence-corrected chi connectivity index (χ3v) is 1.81. The Bertz CT molecular complexity index is 57.9. The molecule has 1 atom stereocenters. The maximum atomic E-state index is 4.25. The van der Waals surface area contributed by atoms with Crippen molar-refractivity contribution in [3.05, 3.63) is 0 Å². The van der Waals surface area contributed by atoms with Crippen molar-refractivity contribution in [2.24, 2.45) is 0 Å². The number of thiol groups is 1. The molecule has 0 saturated heterocycles. The molecule has 0 heterocycles. The zero-order chi connectivity index (χ0) is 6.08. The third kappa shape index (κ3) is 4.75. The topological polar surface area (TPSA) is 0 Å². The summed E-state index contributed by atoms with van der Waals surface area (Å²) >= 11 is 4.25. The van der Waals surface area contributed by atoms with Gasteiger partial charge in [-0.15, -0.1) is 12.6 Å². The Hall–Kier alpha value is 0.600. The minimum Gasteiger partial charge on any atom is -1.00 e. The van der Waals surface area contributed by atoms with E-state index in [1.165, 1.54) is 0 Å².